The lowest BCUT2D eigenvalue weighted by molar-refractivity contribution is 0.0686. The predicted molar refractivity (Wildman–Crippen MR) is 70.8 cm³/mol. The van der Waals surface area contributed by atoms with E-state index in [0.29, 0.717) is 11.6 Å². The number of hydrogen-bond acceptors (Lipinski definition) is 5. The third-order valence-electron chi connectivity index (χ3n) is 2.93. The van der Waals surface area contributed by atoms with E-state index in [1.807, 2.05) is 18.2 Å². The second kappa shape index (κ2) is 4.65. The molecule has 0 saturated heterocycles. The van der Waals surface area contributed by atoms with Gasteiger partial charge in [-0.2, -0.15) is 0 Å². The zero-order valence-electron chi connectivity index (χ0n) is 10.5. The Bertz CT molecular complexity index is 795. The molecule has 0 atom stereocenters. The fourth-order valence-electron chi connectivity index (χ4n) is 1.98. The molecule has 0 radical (unpaired) electrons. The van der Waals surface area contributed by atoms with Crippen LogP contribution in [0.15, 0.2) is 41.1 Å². The molecule has 0 amide bonds. The van der Waals surface area contributed by atoms with E-state index in [9.17, 15) is 4.79 Å². The first-order valence-corrected chi connectivity index (χ1v) is 5.82. The molecule has 0 spiro atoms. The topological polar surface area (TPSA) is 85.5 Å². The van der Waals surface area contributed by atoms with Crippen molar-refractivity contribution in [2.24, 2.45) is 0 Å². The molecule has 20 heavy (non-hydrogen) atoms. The Morgan fingerprint density at radius 2 is 2.15 bits per heavy atom. The van der Waals surface area contributed by atoms with Crippen LogP contribution >= 0.6 is 0 Å². The van der Waals surface area contributed by atoms with Crippen molar-refractivity contribution >= 4 is 16.7 Å². The van der Waals surface area contributed by atoms with Crippen LogP contribution in [0.5, 0.6) is 5.88 Å². The minimum atomic E-state index is -1.12. The molecule has 0 aliphatic heterocycles. The van der Waals surface area contributed by atoms with Crippen molar-refractivity contribution in [3.63, 3.8) is 0 Å². The van der Waals surface area contributed by atoms with Gasteiger partial charge in [0.1, 0.15) is 0 Å². The van der Waals surface area contributed by atoms with Crippen LogP contribution in [0.1, 0.15) is 10.5 Å². The van der Waals surface area contributed by atoms with Crippen molar-refractivity contribution in [2.45, 2.75) is 0 Å². The molecule has 2 aromatic heterocycles. The molecular formula is C14H10N2O4. The predicted octanol–water partition coefficient (Wildman–Crippen LogP) is 2.60. The van der Waals surface area contributed by atoms with Gasteiger partial charge in [-0.05, 0) is 23.6 Å². The number of carbonyl (C=O) groups is 1. The van der Waals surface area contributed by atoms with Gasteiger partial charge in [0.25, 0.3) is 0 Å². The molecule has 3 aromatic rings. The average Bonchev–Trinajstić information content (AvgIpc) is 2.96. The van der Waals surface area contributed by atoms with E-state index in [2.05, 4.69) is 10.1 Å². The molecule has 0 aliphatic carbocycles. The van der Waals surface area contributed by atoms with Crippen LogP contribution in [-0.4, -0.2) is 28.3 Å². The summed E-state index contributed by atoms with van der Waals surface area (Å²) >= 11 is 0. The maximum atomic E-state index is 10.8. The number of carboxylic acids is 1. The highest BCUT2D eigenvalue weighted by molar-refractivity contribution is 5.91. The summed E-state index contributed by atoms with van der Waals surface area (Å²) in [5, 5.41) is 14.1. The van der Waals surface area contributed by atoms with E-state index < -0.39 is 5.97 Å². The van der Waals surface area contributed by atoms with Crippen molar-refractivity contribution < 1.29 is 19.2 Å². The van der Waals surface area contributed by atoms with Crippen molar-refractivity contribution in [1.29, 1.82) is 0 Å². The molecule has 0 fully saturated rings. The molecular weight excluding hydrogens is 260 g/mol. The summed E-state index contributed by atoms with van der Waals surface area (Å²) in [5.41, 5.74) is 0.623. The normalized spacial score (nSPS) is 10.7. The number of fused-ring (bicyclic) bond motifs is 1. The maximum absolute atomic E-state index is 10.8. The highest BCUT2D eigenvalue weighted by Gasteiger charge is 2.13. The first-order chi connectivity index (χ1) is 9.69. The summed E-state index contributed by atoms with van der Waals surface area (Å²) in [5.74, 6) is -0.176. The van der Waals surface area contributed by atoms with Gasteiger partial charge in [0.15, 0.2) is 11.5 Å². The number of methoxy groups -OCH3 is 1. The quantitative estimate of drug-likeness (QED) is 0.787. The van der Waals surface area contributed by atoms with Crippen LogP contribution in [0, 0.1) is 0 Å². The first kappa shape index (κ1) is 12.2. The lowest BCUT2D eigenvalue weighted by Gasteiger charge is -2.04. The SMILES string of the molecule is COc1nccc2cc(-c3cc(C(=O)O)no3)ccc12. The summed E-state index contributed by atoms with van der Waals surface area (Å²) in [6.07, 6.45) is 1.65. The molecule has 2 heterocycles. The zero-order valence-corrected chi connectivity index (χ0v) is 10.5. The number of benzene rings is 1. The minimum absolute atomic E-state index is 0.118. The standard InChI is InChI=1S/C14H10N2O4/c1-19-13-10-3-2-9(6-8(10)4-5-15-13)12-7-11(14(17)18)16-20-12/h2-7H,1H3,(H,17,18). The van der Waals surface area contributed by atoms with Gasteiger partial charge in [-0.3, -0.25) is 0 Å². The fourth-order valence-corrected chi connectivity index (χ4v) is 1.98. The highest BCUT2D eigenvalue weighted by atomic mass is 16.5. The number of hydrogen-bond donors (Lipinski definition) is 1. The summed E-state index contributed by atoms with van der Waals surface area (Å²) in [6.45, 7) is 0. The van der Waals surface area contributed by atoms with Crippen LogP contribution in [-0.2, 0) is 0 Å². The van der Waals surface area contributed by atoms with E-state index in [4.69, 9.17) is 14.4 Å². The number of aromatic nitrogens is 2. The monoisotopic (exact) mass is 270 g/mol. The molecule has 100 valence electrons. The first-order valence-electron chi connectivity index (χ1n) is 5.82. The largest absolute Gasteiger partial charge is 0.481 e. The van der Waals surface area contributed by atoms with Crippen LogP contribution < -0.4 is 4.74 Å². The number of ether oxygens (including phenoxy) is 1. The maximum Gasteiger partial charge on any atom is 0.358 e. The molecule has 3 rings (SSSR count). The number of pyridine rings is 1. The van der Waals surface area contributed by atoms with E-state index in [0.717, 1.165) is 16.3 Å². The van der Waals surface area contributed by atoms with Gasteiger partial charge in [-0.1, -0.05) is 11.2 Å². The minimum Gasteiger partial charge on any atom is -0.481 e. The smallest absolute Gasteiger partial charge is 0.358 e. The molecule has 0 aliphatic rings. The van der Waals surface area contributed by atoms with E-state index in [1.165, 1.54) is 6.07 Å². The molecule has 6 nitrogen and oxygen atoms in total. The summed E-state index contributed by atoms with van der Waals surface area (Å²) in [6, 6.07) is 8.75. The Hall–Kier alpha value is -2.89. The van der Waals surface area contributed by atoms with Crippen molar-refractivity contribution in [1.82, 2.24) is 10.1 Å². The Labute approximate surface area is 113 Å². The van der Waals surface area contributed by atoms with E-state index in [1.54, 1.807) is 19.4 Å². The van der Waals surface area contributed by atoms with Gasteiger partial charge in [-0.25, -0.2) is 9.78 Å². The van der Waals surface area contributed by atoms with Crippen molar-refractivity contribution in [3.05, 3.63) is 42.2 Å². The summed E-state index contributed by atoms with van der Waals surface area (Å²) < 4.78 is 10.2. The Morgan fingerprint density at radius 3 is 2.85 bits per heavy atom. The summed E-state index contributed by atoms with van der Waals surface area (Å²) in [7, 11) is 1.56. The Morgan fingerprint density at radius 1 is 1.30 bits per heavy atom. The average molecular weight is 270 g/mol. The Balaban J connectivity index is 2.10. The Kier molecular flexibility index (Phi) is 2.83. The lowest BCUT2D eigenvalue weighted by Crippen LogP contribution is -1.94. The number of aromatic carboxylic acids is 1. The van der Waals surface area contributed by atoms with Gasteiger partial charge >= 0.3 is 5.97 Å². The van der Waals surface area contributed by atoms with Crippen LogP contribution in [0.3, 0.4) is 0 Å². The van der Waals surface area contributed by atoms with Gasteiger partial charge in [0.2, 0.25) is 5.88 Å². The lowest BCUT2D eigenvalue weighted by atomic mass is 10.1. The molecule has 0 bridgehead atoms. The third kappa shape index (κ3) is 1.97. The molecule has 0 unspecified atom stereocenters. The molecule has 6 heteroatoms. The molecule has 1 aromatic carbocycles. The number of carboxylic acid groups (broad SMARTS) is 1. The fraction of sp³-hybridized carbons (Fsp3) is 0.0714. The molecule has 0 saturated carbocycles. The van der Waals surface area contributed by atoms with Gasteiger partial charge in [0.05, 0.1) is 7.11 Å². The number of nitrogens with zero attached hydrogens (tertiary/aromatic N) is 2. The zero-order chi connectivity index (χ0) is 14.1. The highest BCUT2D eigenvalue weighted by Crippen LogP contribution is 2.28. The number of rotatable bonds is 3. The van der Waals surface area contributed by atoms with Crippen molar-refractivity contribution in [3.8, 4) is 17.2 Å². The summed E-state index contributed by atoms with van der Waals surface area (Å²) in [4.78, 5) is 14.9. The van der Waals surface area contributed by atoms with Gasteiger partial charge in [-0.15, -0.1) is 0 Å². The van der Waals surface area contributed by atoms with E-state index >= 15 is 0 Å². The van der Waals surface area contributed by atoms with Gasteiger partial charge in [0, 0.05) is 23.2 Å². The van der Waals surface area contributed by atoms with Crippen molar-refractivity contribution in [2.75, 3.05) is 7.11 Å². The van der Waals surface area contributed by atoms with Crippen LogP contribution in [0.2, 0.25) is 0 Å². The third-order valence-corrected chi connectivity index (χ3v) is 2.93. The van der Waals surface area contributed by atoms with Crippen LogP contribution in [0.25, 0.3) is 22.1 Å². The second-order valence-corrected chi connectivity index (χ2v) is 4.14. The second-order valence-electron chi connectivity index (χ2n) is 4.14. The van der Waals surface area contributed by atoms with Gasteiger partial charge < -0.3 is 14.4 Å². The van der Waals surface area contributed by atoms with Crippen LogP contribution in [0.4, 0.5) is 0 Å². The molecule has 1 N–H and O–H groups in total. The van der Waals surface area contributed by atoms with E-state index in [-0.39, 0.29) is 5.69 Å².